The summed E-state index contributed by atoms with van der Waals surface area (Å²) < 4.78 is 5.31. The predicted molar refractivity (Wildman–Crippen MR) is 81.4 cm³/mol. The molecule has 1 atom stereocenters. The van der Waals surface area contributed by atoms with Crippen molar-refractivity contribution in [1.82, 2.24) is 15.3 Å². The largest absolute Gasteiger partial charge is 0.481 e. The third-order valence-corrected chi connectivity index (χ3v) is 3.88. The van der Waals surface area contributed by atoms with Crippen LogP contribution in [-0.2, 0) is 0 Å². The fraction of sp³-hybridized carbons (Fsp3) is 0.733. The standard InChI is InChI=1S/C15H26N4O/c1-4-8-19(10-13-6-5-7-16-9-13)14-12(2)15(20-3)18-11-17-14/h11,13,16H,4-10H2,1-3H3. The molecule has 0 saturated carbocycles. The van der Waals surface area contributed by atoms with Crippen LogP contribution >= 0.6 is 0 Å². The fourth-order valence-electron chi connectivity index (χ4n) is 2.89. The average molecular weight is 278 g/mol. The summed E-state index contributed by atoms with van der Waals surface area (Å²) in [6, 6.07) is 0. The van der Waals surface area contributed by atoms with Crippen LogP contribution in [0.1, 0.15) is 31.7 Å². The molecule has 2 heterocycles. The SMILES string of the molecule is CCCN(CC1CCCNC1)c1ncnc(OC)c1C. The van der Waals surface area contributed by atoms with E-state index in [-0.39, 0.29) is 0 Å². The number of rotatable bonds is 6. The van der Waals surface area contributed by atoms with Crippen molar-refractivity contribution >= 4 is 5.82 Å². The molecule has 0 spiro atoms. The molecule has 0 aromatic carbocycles. The van der Waals surface area contributed by atoms with E-state index < -0.39 is 0 Å². The zero-order valence-corrected chi connectivity index (χ0v) is 12.9. The Morgan fingerprint density at radius 2 is 2.30 bits per heavy atom. The highest BCUT2D eigenvalue weighted by molar-refractivity contribution is 5.50. The molecule has 1 fully saturated rings. The number of nitrogens with zero attached hydrogens (tertiary/aromatic N) is 3. The molecule has 0 amide bonds. The minimum absolute atomic E-state index is 0.679. The van der Waals surface area contributed by atoms with Crippen LogP contribution in [0.4, 0.5) is 5.82 Å². The number of nitrogens with one attached hydrogen (secondary N) is 1. The second kappa shape index (κ2) is 7.43. The maximum absolute atomic E-state index is 5.31. The Bertz CT molecular complexity index is 418. The molecule has 112 valence electrons. The van der Waals surface area contributed by atoms with Gasteiger partial charge in [0, 0.05) is 13.1 Å². The van der Waals surface area contributed by atoms with Crippen molar-refractivity contribution in [2.24, 2.45) is 5.92 Å². The van der Waals surface area contributed by atoms with Crippen LogP contribution in [0, 0.1) is 12.8 Å². The van der Waals surface area contributed by atoms with E-state index in [4.69, 9.17) is 4.74 Å². The van der Waals surface area contributed by atoms with Gasteiger partial charge in [0.2, 0.25) is 5.88 Å². The Kier molecular flexibility index (Phi) is 5.59. The van der Waals surface area contributed by atoms with E-state index in [1.54, 1.807) is 13.4 Å². The Hall–Kier alpha value is -1.36. The van der Waals surface area contributed by atoms with E-state index in [0.717, 1.165) is 44.0 Å². The summed E-state index contributed by atoms with van der Waals surface area (Å²) in [5.74, 6) is 2.40. The summed E-state index contributed by atoms with van der Waals surface area (Å²) in [5, 5.41) is 3.49. The van der Waals surface area contributed by atoms with Gasteiger partial charge in [-0.2, -0.15) is 0 Å². The van der Waals surface area contributed by atoms with E-state index in [1.807, 2.05) is 6.92 Å². The van der Waals surface area contributed by atoms with Gasteiger partial charge in [-0.1, -0.05) is 6.92 Å². The van der Waals surface area contributed by atoms with Crippen LogP contribution in [0.15, 0.2) is 6.33 Å². The van der Waals surface area contributed by atoms with Gasteiger partial charge in [0.1, 0.15) is 12.1 Å². The molecule has 1 saturated heterocycles. The zero-order chi connectivity index (χ0) is 14.4. The normalized spacial score (nSPS) is 18.9. The molecule has 1 aliphatic heterocycles. The Morgan fingerprint density at radius 1 is 1.45 bits per heavy atom. The van der Waals surface area contributed by atoms with Crippen LogP contribution in [0.2, 0.25) is 0 Å². The molecule has 0 bridgehead atoms. The summed E-state index contributed by atoms with van der Waals surface area (Å²) in [7, 11) is 1.66. The minimum Gasteiger partial charge on any atom is -0.481 e. The zero-order valence-electron chi connectivity index (χ0n) is 12.9. The predicted octanol–water partition coefficient (Wildman–Crippen LogP) is 2.01. The number of ether oxygens (including phenoxy) is 1. The van der Waals surface area contributed by atoms with Gasteiger partial charge in [-0.25, -0.2) is 9.97 Å². The van der Waals surface area contributed by atoms with Gasteiger partial charge in [-0.3, -0.25) is 0 Å². The molecule has 5 nitrogen and oxygen atoms in total. The van der Waals surface area contributed by atoms with E-state index in [9.17, 15) is 0 Å². The smallest absolute Gasteiger partial charge is 0.221 e. The monoisotopic (exact) mass is 278 g/mol. The molecule has 5 heteroatoms. The Labute approximate surface area is 121 Å². The minimum atomic E-state index is 0.679. The lowest BCUT2D eigenvalue weighted by Crippen LogP contribution is -2.39. The highest BCUT2D eigenvalue weighted by atomic mass is 16.5. The van der Waals surface area contributed by atoms with Crippen molar-refractivity contribution in [3.63, 3.8) is 0 Å². The van der Waals surface area contributed by atoms with Gasteiger partial charge in [0.15, 0.2) is 0 Å². The van der Waals surface area contributed by atoms with Crippen LogP contribution < -0.4 is 15.0 Å². The van der Waals surface area contributed by atoms with E-state index >= 15 is 0 Å². The lowest BCUT2D eigenvalue weighted by molar-refractivity contribution is 0.374. The molecule has 2 rings (SSSR count). The van der Waals surface area contributed by atoms with Crippen LogP contribution in [0.25, 0.3) is 0 Å². The summed E-state index contributed by atoms with van der Waals surface area (Å²) in [5.41, 5.74) is 1.03. The quantitative estimate of drug-likeness (QED) is 0.862. The maximum Gasteiger partial charge on any atom is 0.221 e. The van der Waals surface area contributed by atoms with Gasteiger partial charge in [0.25, 0.3) is 0 Å². The summed E-state index contributed by atoms with van der Waals surface area (Å²) in [6.07, 6.45) is 5.29. The molecule has 1 N–H and O–H groups in total. The number of anilines is 1. The third kappa shape index (κ3) is 3.60. The van der Waals surface area contributed by atoms with E-state index in [0.29, 0.717) is 11.8 Å². The van der Waals surface area contributed by atoms with E-state index in [2.05, 4.69) is 27.1 Å². The first-order valence-electron chi connectivity index (χ1n) is 7.57. The van der Waals surface area contributed by atoms with Crippen molar-refractivity contribution in [3.8, 4) is 5.88 Å². The van der Waals surface area contributed by atoms with Crippen LogP contribution in [0.5, 0.6) is 5.88 Å². The number of piperidine rings is 1. The maximum atomic E-state index is 5.31. The molecule has 1 aromatic rings. The fourth-order valence-corrected chi connectivity index (χ4v) is 2.89. The van der Waals surface area contributed by atoms with Gasteiger partial charge in [-0.05, 0) is 45.2 Å². The summed E-state index contributed by atoms with van der Waals surface area (Å²) >= 11 is 0. The molecule has 1 aromatic heterocycles. The highest BCUT2D eigenvalue weighted by Gasteiger charge is 2.20. The van der Waals surface area contributed by atoms with Crippen molar-refractivity contribution in [3.05, 3.63) is 11.9 Å². The van der Waals surface area contributed by atoms with Crippen molar-refractivity contribution in [2.75, 3.05) is 38.2 Å². The molecule has 20 heavy (non-hydrogen) atoms. The van der Waals surface area contributed by atoms with Crippen LogP contribution in [-0.4, -0.2) is 43.3 Å². The van der Waals surface area contributed by atoms with Crippen molar-refractivity contribution in [2.45, 2.75) is 33.1 Å². The number of hydrogen-bond donors (Lipinski definition) is 1. The number of hydrogen-bond acceptors (Lipinski definition) is 5. The van der Waals surface area contributed by atoms with Crippen molar-refractivity contribution in [1.29, 1.82) is 0 Å². The Balaban J connectivity index is 2.14. The summed E-state index contributed by atoms with van der Waals surface area (Å²) in [4.78, 5) is 11.0. The second-order valence-electron chi connectivity index (χ2n) is 5.49. The molecule has 0 radical (unpaired) electrons. The molecule has 1 aliphatic rings. The van der Waals surface area contributed by atoms with Gasteiger partial charge < -0.3 is 15.0 Å². The molecule has 0 aliphatic carbocycles. The third-order valence-electron chi connectivity index (χ3n) is 3.88. The number of aromatic nitrogens is 2. The summed E-state index contributed by atoms with van der Waals surface area (Å²) in [6.45, 7) is 8.60. The molecule has 1 unspecified atom stereocenters. The first-order valence-corrected chi connectivity index (χ1v) is 7.57. The van der Waals surface area contributed by atoms with Gasteiger partial charge in [-0.15, -0.1) is 0 Å². The first-order chi connectivity index (χ1) is 9.76. The Morgan fingerprint density at radius 3 is 2.95 bits per heavy atom. The van der Waals surface area contributed by atoms with Crippen LogP contribution in [0.3, 0.4) is 0 Å². The van der Waals surface area contributed by atoms with Crippen molar-refractivity contribution < 1.29 is 4.74 Å². The molecular weight excluding hydrogens is 252 g/mol. The first kappa shape index (κ1) is 15.0. The lowest BCUT2D eigenvalue weighted by atomic mass is 9.99. The molecular formula is C15H26N4O. The average Bonchev–Trinajstić information content (AvgIpc) is 2.48. The topological polar surface area (TPSA) is 50.3 Å². The van der Waals surface area contributed by atoms with E-state index in [1.165, 1.54) is 12.8 Å². The number of methoxy groups -OCH3 is 1. The van der Waals surface area contributed by atoms with Gasteiger partial charge in [0.05, 0.1) is 12.7 Å². The lowest BCUT2D eigenvalue weighted by Gasteiger charge is -2.31. The second-order valence-corrected chi connectivity index (χ2v) is 5.49. The van der Waals surface area contributed by atoms with Gasteiger partial charge >= 0.3 is 0 Å². The highest BCUT2D eigenvalue weighted by Crippen LogP contribution is 2.25.